The van der Waals surface area contributed by atoms with Gasteiger partial charge >= 0.3 is 5.97 Å². The number of ether oxygens (including phenoxy) is 2. The number of halogens is 3. The number of carbonyl (C=O) groups is 1. The number of phenols is 1. The minimum Gasteiger partial charge on any atom is -0.507 e. The number of benzene rings is 3. The van der Waals surface area contributed by atoms with Crippen LogP contribution in [0.5, 0.6) is 11.5 Å². The van der Waals surface area contributed by atoms with Crippen molar-refractivity contribution in [1.82, 2.24) is 4.57 Å². The molecule has 4 aromatic rings. The molecule has 4 rings (SSSR count). The minimum absolute atomic E-state index is 0.0534. The molecule has 0 atom stereocenters. The number of carbonyl (C=O) groups excluding carboxylic acids is 1. The molecular weight excluding hydrogens is 508 g/mol. The number of nitrogens with zero attached hydrogens (tertiary/aromatic N) is 1. The Hall–Kier alpha value is -3.65. The molecule has 0 aliphatic rings. The fourth-order valence-corrected chi connectivity index (χ4v) is 3.98. The summed E-state index contributed by atoms with van der Waals surface area (Å²) >= 11 is 3.48. The van der Waals surface area contributed by atoms with Crippen LogP contribution in [0.25, 0.3) is 5.69 Å². The van der Waals surface area contributed by atoms with Crippen LogP contribution in [-0.2, 0) is 17.8 Å². The summed E-state index contributed by atoms with van der Waals surface area (Å²) in [5, 5.41) is 10.0. The number of esters is 1. The standard InChI is InChI=1S/C26H20BrF2NO4/c1-33-26(32)22-14-21(7-8-24(22)31)30-10-2-3-20(30)12-17-11-18(27)5-9-25(17)34-15-16-4-6-19(28)13-23(16)29/h2-11,13-14,31H,12,15H2,1H3. The van der Waals surface area contributed by atoms with E-state index in [0.29, 0.717) is 17.9 Å². The van der Waals surface area contributed by atoms with E-state index in [2.05, 4.69) is 15.9 Å². The number of methoxy groups -OCH3 is 1. The molecule has 1 aromatic heterocycles. The van der Waals surface area contributed by atoms with Crippen LogP contribution in [0, 0.1) is 11.6 Å². The molecule has 0 aliphatic heterocycles. The zero-order valence-corrected chi connectivity index (χ0v) is 19.7. The summed E-state index contributed by atoms with van der Waals surface area (Å²) in [6, 6.07) is 17.4. The lowest BCUT2D eigenvalue weighted by Gasteiger charge is -2.15. The van der Waals surface area contributed by atoms with Crippen molar-refractivity contribution in [1.29, 1.82) is 0 Å². The van der Waals surface area contributed by atoms with Gasteiger partial charge in [0.1, 0.15) is 35.3 Å². The number of phenolic OH excluding ortho intramolecular Hbond substituents is 1. The molecule has 1 N–H and O–H groups in total. The van der Waals surface area contributed by atoms with Crippen LogP contribution in [0.3, 0.4) is 0 Å². The quantitative estimate of drug-likeness (QED) is 0.291. The molecule has 1 heterocycles. The Morgan fingerprint density at radius 3 is 2.62 bits per heavy atom. The number of aromatic hydroxyl groups is 1. The highest BCUT2D eigenvalue weighted by Crippen LogP contribution is 2.29. The van der Waals surface area contributed by atoms with E-state index in [4.69, 9.17) is 9.47 Å². The van der Waals surface area contributed by atoms with E-state index < -0.39 is 17.6 Å². The minimum atomic E-state index is -0.665. The summed E-state index contributed by atoms with van der Waals surface area (Å²) in [6.45, 7) is -0.0534. The van der Waals surface area contributed by atoms with Gasteiger partial charge in [-0.25, -0.2) is 13.6 Å². The molecule has 0 saturated heterocycles. The van der Waals surface area contributed by atoms with Crippen molar-refractivity contribution in [3.05, 3.63) is 111 Å². The van der Waals surface area contributed by atoms with Crippen LogP contribution in [0.1, 0.15) is 27.2 Å². The van der Waals surface area contributed by atoms with E-state index in [1.807, 2.05) is 35.0 Å². The average molecular weight is 528 g/mol. The normalized spacial score (nSPS) is 10.8. The molecule has 8 heteroatoms. The number of rotatable bonds is 7. The van der Waals surface area contributed by atoms with Crippen molar-refractivity contribution in [3.63, 3.8) is 0 Å². The lowest BCUT2D eigenvalue weighted by Crippen LogP contribution is -2.06. The van der Waals surface area contributed by atoms with E-state index in [1.165, 1.54) is 25.3 Å². The molecule has 0 spiro atoms. The summed E-state index contributed by atoms with van der Waals surface area (Å²) in [5.41, 5.74) is 2.70. The molecular formula is C26H20BrF2NO4. The van der Waals surface area contributed by atoms with Gasteiger partial charge in [-0.1, -0.05) is 15.9 Å². The van der Waals surface area contributed by atoms with Crippen LogP contribution in [0.4, 0.5) is 8.78 Å². The molecule has 34 heavy (non-hydrogen) atoms. The SMILES string of the molecule is COC(=O)c1cc(-n2cccc2Cc2cc(Br)ccc2OCc2ccc(F)cc2F)ccc1O. The van der Waals surface area contributed by atoms with Gasteiger partial charge in [0.25, 0.3) is 0 Å². The van der Waals surface area contributed by atoms with Gasteiger partial charge in [0, 0.05) is 45.7 Å². The Kier molecular flexibility index (Phi) is 6.98. The fraction of sp³-hybridized carbons (Fsp3) is 0.115. The third-order valence-electron chi connectivity index (χ3n) is 5.29. The van der Waals surface area contributed by atoms with Crippen LogP contribution in [0.15, 0.2) is 77.4 Å². The van der Waals surface area contributed by atoms with Gasteiger partial charge in [0.15, 0.2) is 0 Å². The van der Waals surface area contributed by atoms with Crippen molar-refractivity contribution in [2.24, 2.45) is 0 Å². The van der Waals surface area contributed by atoms with Gasteiger partial charge in [0.05, 0.1) is 7.11 Å². The Morgan fingerprint density at radius 2 is 1.85 bits per heavy atom. The third kappa shape index (κ3) is 5.12. The summed E-state index contributed by atoms with van der Waals surface area (Å²) in [7, 11) is 1.25. The highest BCUT2D eigenvalue weighted by Gasteiger charge is 2.15. The first kappa shape index (κ1) is 23.5. The molecule has 0 fully saturated rings. The van der Waals surface area contributed by atoms with E-state index in [9.17, 15) is 18.7 Å². The maximum Gasteiger partial charge on any atom is 0.341 e. The summed E-state index contributed by atoms with van der Waals surface area (Å²) in [4.78, 5) is 12.0. The van der Waals surface area contributed by atoms with Crippen molar-refractivity contribution >= 4 is 21.9 Å². The first-order chi connectivity index (χ1) is 16.4. The Bertz CT molecular complexity index is 1350. The first-order valence-electron chi connectivity index (χ1n) is 10.3. The molecule has 174 valence electrons. The second kappa shape index (κ2) is 10.1. The lowest BCUT2D eigenvalue weighted by molar-refractivity contribution is 0.0597. The summed E-state index contributed by atoms with van der Waals surface area (Å²) in [6.07, 6.45) is 2.30. The smallest absolute Gasteiger partial charge is 0.341 e. The van der Waals surface area contributed by atoms with E-state index in [0.717, 1.165) is 21.8 Å². The van der Waals surface area contributed by atoms with Crippen molar-refractivity contribution < 1.29 is 28.2 Å². The monoisotopic (exact) mass is 527 g/mol. The van der Waals surface area contributed by atoms with Crippen molar-refractivity contribution in [2.75, 3.05) is 7.11 Å². The Balaban J connectivity index is 1.62. The molecule has 0 unspecified atom stereocenters. The van der Waals surface area contributed by atoms with Crippen LogP contribution < -0.4 is 4.74 Å². The van der Waals surface area contributed by atoms with Gasteiger partial charge in [-0.3, -0.25) is 0 Å². The Labute approximate surface area is 203 Å². The van der Waals surface area contributed by atoms with Crippen molar-refractivity contribution in [3.8, 4) is 17.2 Å². The zero-order valence-electron chi connectivity index (χ0n) is 18.1. The second-order valence-corrected chi connectivity index (χ2v) is 8.43. The highest BCUT2D eigenvalue weighted by atomic mass is 79.9. The predicted octanol–water partition coefficient (Wildman–Crippen LogP) is 6.18. The molecule has 5 nitrogen and oxygen atoms in total. The van der Waals surface area contributed by atoms with Crippen LogP contribution in [0.2, 0.25) is 0 Å². The third-order valence-corrected chi connectivity index (χ3v) is 5.78. The number of hydrogen-bond acceptors (Lipinski definition) is 4. The van der Waals surface area contributed by atoms with E-state index in [1.54, 1.807) is 18.2 Å². The molecule has 3 aromatic carbocycles. The van der Waals surface area contributed by atoms with Gasteiger partial charge in [0.2, 0.25) is 0 Å². The Morgan fingerprint density at radius 1 is 1.03 bits per heavy atom. The van der Waals surface area contributed by atoms with E-state index >= 15 is 0 Å². The predicted molar refractivity (Wildman–Crippen MR) is 126 cm³/mol. The zero-order chi connectivity index (χ0) is 24.2. The maximum absolute atomic E-state index is 14.0. The first-order valence-corrected chi connectivity index (χ1v) is 11.1. The van der Waals surface area contributed by atoms with Gasteiger partial charge in [-0.05, 0) is 60.7 Å². The van der Waals surface area contributed by atoms with E-state index in [-0.39, 0.29) is 23.5 Å². The van der Waals surface area contributed by atoms with Gasteiger partial charge in [-0.15, -0.1) is 0 Å². The lowest BCUT2D eigenvalue weighted by atomic mass is 10.1. The fourth-order valence-electron chi connectivity index (χ4n) is 3.58. The molecule has 0 aliphatic carbocycles. The van der Waals surface area contributed by atoms with Crippen LogP contribution >= 0.6 is 15.9 Å². The average Bonchev–Trinajstić information content (AvgIpc) is 3.27. The molecule has 0 radical (unpaired) electrons. The second-order valence-electron chi connectivity index (χ2n) is 7.52. The maximum atomic E-state index is 14.0. The summed E-state index contributed by atoms with van der Waals surface area (Å²) in [5.74, 6) is -1.55. The number of hydrogen-bond donors (Lipinski definition) is 1. The van der Waals surface area contributed by atoms with Crippen LogP contribution in [-0.4, -0.2) is 22.8 Å². The largest absolute Gasteiger partial charge is 0.507 e. The molecule has 0 bridgehead atoms. The topological polar surface area (TPSA) is 60.7 Å². The molecule has 0 saturated carbocycles. The van der Waals surface area contributed by atoms with Gasteiger partial charge < -0.3 is 19.1 Å². The highest BCUT2D eigenvalue weighted by molar-refractivity contribution is 9.10. The summed E-state index contributed by atoms with van der Waals surface area (Å²) < 4.78 is 40.6. The molecule has 0 amide bonds. The van der Waals surface area contributed by atoms with Crippen molar-refractivity contribution in [2.45, 2.75) is 13.0 Å². The number of aromatic nitrogens is 1. The van der Waals surface area contributed by atoms with Gasteiger partial charge in [-0.2, -0.15) is 0 Å².